The maximum absolute atomic E-state index is 5.82. The predicted octanol–water partition coefficient (Wildman–Crippen LogP) is 3.55. The lowest BCUT2D eigenvalue weighted by molar-refractivity contribution is 0.0549. The highest BCUT2D eigenvalue weighted by Crippen LogP contribution is 2.24. The van der Waals surface area contributed by atoms with Crippen molar-refractivity contribution in [1.29, 1.82) is 0 Å². The Bertz CT molecular complexity index is 352. The summed E-state index contributed by atoms with van der Waals surface area (Å²) in [7, 11) is 0. The van der Waals surface area contributed by atoms with Crippen LogP contribution in [0, 0.1) is 0 Å². The Morgan fingerprint density at radius 1 is 1.11 bits per heavy atom. The molecule has 1 N–H and O–H groups in total. The lowest BCUT2D eigenvalue weighted by Gasteiger charge is -2.18. The summed E-state index contributed by atoms with van der Waals surface area (Å²) < 4.78 is 11.3. The van der Waals surface area contributed by atoms with Crippen molar-refractivity contribution in [3.8, 4) is 5.75 Å². The first-order chi connectivity index (χ1) is 9.15. The van der Waals surface area contributed by atoms with E-state index in [1.165, 1.54) is 5.56 Å². The van der Waals surface area contributed by atoms with Gasteiger partial charge in [0, 0.05) is 11.6 Å². The van der Waals surface area contributed by atoms with Gasteiger partial charge in [0.15, 0.2) is 0 Å². The minimum Gasteiger partial charge on any atom is -0.491 e. The molecule has 0 aliphatic rings. The lowest BCUT2D eigenvalue weighted by atomic mass is 10.1. The zero-order valence-electron chi connectivity index (χ0n) is 12.6. The fourth-order valence-corrected chi connectivity index (χ4v) is 1.88. The quantitative estimate of drug-likeness (QED) is 0.693. The Morgan fingerprint density at radius 2 is 1.84 bits per heavy atom. The van der Waals surface area contributed by atoms with E-state index in [9.17, 15) is 0 Å². The molecule has 0 fully saturated rings. The van der Waals surface area contributed by atoms with Gasteiger partial charge < -0.3 is 14.8 Å². The molecular weight excluding hydrogens is 238 g/mol. The zero-order chi connectivity index (χ0) is 14.1. The number of nitrogens with one attached hydrogen (secondary N) is 1. The van der Waals surface area contributed by atoms with Gasteiger partial charge in [-0.15, -0.1) is 0 Å². The van der Waals surface area contributed by atoms with Gasteiger partial charge in [-0.25, -0.2) is 0 Å². The maximum atomic E-state index is 5.82. The van der Waals surface area contributed by atoms with Gasteiger partial charge in [-0.2, -0.15) is 0 Å². The van der Waals surface area contributed by atoms with Crippen LogP contribution in [-0.4, -0.2) is 25.9 Å². The Balaban J connectivity index is 2.52. The van der Waals surface area contributed by atoms with Crippen LogP contribution >= 0.6 is 0 Å². The molecule has 0 spiro atoms. The minimum atomic E-state index is 0.254. The van der Waals surface area contributed by atoms with E-state index in [4.69, 9.17) is 9.47 Å². The Morgan fingerprint density at radius 3 is 2.53 bits per heavy atom. The van der Waals surface area contributed by atoms with Crippen molar-refractivity contribution in [2.75, 3.05) is 19.8 Å². The molecular formula is C16H27NO2. The second kappa shape index (κ2) is 8.94. The van der Waals surface area contributed by atoms with Gasteiger partial charge in [0.1, 0.15) is 12.4 Å². The summed E-state index contributed by atoms with van der Waals surface area (Å²) in [4.78, 5) is 0. The van der Waals surface area contributed by atoms with Gasteiger partial charge in [0.05, 0.1) is 12.7 Å². The summed E-state index contributed by atoms with van der Waals surface area (Å²) in [5.74, 6) is 0.950. The number of para-hydroxylation sites is 1. The third kappa shape index (κ3) is 6.08. The highest BCUT2D eigenvalue weighted by molar-refractivity contribution is 5.35. The molecule has 1 rings (SSSR count). The van der Waals surface area contributed by atoms with Gasteiger partial charge >= 0.3 is 0 Å². The summed E-state index contributed by atoms with van der Waals surface area (Å²) in [6, 6.07) is 8.51. The highest BCUT2D eigenvalue weighted by Gasteiger charge is 2.10. The molecule has 3 nitrogen and oxygen atoms in total. The van der Waals surface area contributed by atoms with Crippen LogP contribution in [0.5, 0.6) is 5.75 Å². The second-order valence-electron chi connectivity index (χ2n) is 4.98. The number of rotatable bonds is 9. The van der Waals surface area contributed by atoms with E-state index in [1.807, 2.05) is 26.0 Å². The topological polar surface area (TPSA) is 30.5 Å². The van der Waals surface area contributed by atoms with Crippen LogP contribution in [0.3, 0.4) is 0 Å². The molecule has 0 aliphatic carbocycles. The van der Waals surface area contributed by atoms with E-state index in [2.05, 4.69) is 31.3 Å². The molecule has 0 bridgehead atoms. The number of benzene rings is 1. The standard InChI is InChI=1S/C16H27NO2/c1-5-10-17-14(4)15-8-6-7-9-16(15)19-12-11-18-13(2)3/h6-9,13-14,17H,5,10-12H2,1-4H3. The molecule has 0 heterocycles. The molecule has 0 aliphatic heterocycles. The summed E-state index contributed by atoms with van der Waals surface area (Å²) >= 11 is 0. The molecule has 0 amide bonds. The van der Waals surface area contributed by atoms with Gasteiger partial charge in [-0.1, -0.05) is 25.1 Å². The first-order valence-corrected chi connectivity index (χ1v) is 7.21. The Kier molecular flexibility index (Phi) is 7.53. The molecule has 1 aromatic rings. The van der Waals surface area contributed by atoms with Crippen LogP contribution in [0.1, 0.15) is 45.7 Å². The predicted molar refractivity (Wildman–Crippen MR) is 79.7 cm³/mol. The largest absolute Gasteiger partial charge is 0.491 e. The fraction of sp³-hybridized carbons (Fsp3) is 0.625. The third-order valence-electron chi connectivity index (χ3n) is 2.88. The van der Waals surface area contributed by atoms with E-state index in [1.54, 1.807) is 0 Å². The molecule has 1 aromatic carbocycles. The van der Waals surface area contributed by atoms with Gasteiger partial charge in [-0.3, -0.25) is 0 Å². The third-order valence-corrected chi connectivity index (χ3v) is 2.88. The van der Waals surface area contributed by atoms with E-state index >= 15 is 0 Å². The highest BCUT2D eigenvalue weighted by atomic mass is 16.5. The molecule has 0 saturated heterocycles. The molecule has 0 aromatic heterocycles. The normalized spacial score (nSPS) is 12.7. The molecule has 0 saturated carbocycles. The van der Waals surface area contributed by atoms with Crippen LogP contribution in [0.4, 0.5) is 0 Å². The average molecular weight is 265 g/mol. The summed E-state index contributed by atoms with van der Waals surface area (Å²) in [6.45, 7) is 10.6. The lowest BCUT2D eigenvalue weighted by Crippen LogP contribution is -2.20. The molecule has 1 atom stereocenters. The van der Waals surface area contributed by atoms with Crippen LogP contribution in [0.15, 0.2) is 24.3 Å². The summed E-state index contributed by atoms with van der Waals surface area (Å²) in [6.07, 6.45) is 1.39. The maximum Gasteiger partial charge on any atom is 0.124 e. The van der Waals surface area contributed by atoms with Gasteiger partial charge in [-0.05, 0) is 39.8 Å². The van der Waals surface area contributed by atoms with E-state index < -0.39 is 0 Å². The minimum absolute atomic E-state index is 0.254. The molecule has 108 valence electrons. The number of ether oxygens (including phenoxy) is 2. The fourth-order valence-electron chi connectivity index (χ4n) is 1.88. The van der Waals surface area contributed by atoms with Crippen LogP contribution in [0.2, 0.25) is 0 Å². The molecule has 1 unspecified atom stereocenters. The van der Waals surface area contributed by atoms with Gasteiger partial charge in [0.25, 0.3) is 0 Å². The van der Waals surface area contributed by atoms with E-state index in [0.29, 0.717) is 19.3 Å². The Labute approximate surface area is 117 Å². The van der Waals surface area contributed by atoms with Crippen LogP contribution in [-0.2, 0) is 4.74 Å². The Hall–Kier alpha value is -1.06. The van der Waals surface area contributed by atoms with E-state index in [-0.39, 0.29) is 6.10 Å². The summed E-state index contributed by atoms with van der Waals surface area (Å²) in [5.41, 5.74) is 1.21. The SMILES string of the molecule is CCCNC(C)c1ccccc1OCCOC(C)C. The zero-order valence-corrected chi connectivity index (χ0v) is 12.6. The van der Waals surface area contributed by atoms with Crippen molar-refractivity contribution in [2.24, 2.45) is 0 Å². The van der Waals surface area contributed by atoms with E-state index in [0.717, 1.165) is 18.7 Å². The van der Waals surface area contributed by atoms with Crippen molar-refractivity contribution < 1.29 is 9.47 Å². The van der Waals surface area contributed by atoms with Crippen LogP contribution in [0.25, 0.3) is 0 Å². The smallest absolute Gasteiger partial charge is 0.124 e. The first-order valence-electron chi connectivity index (χ1n) is 7.21. The molecule has 19 heavy (non-hydrogen) atoms. The monoisotopic (exact) mass is 265 g/mol. The molecule has 0 radical (unpaired) electrons. The number of hydrogen-bond donors (Lipinski definition) is 1. The summed E-state index contributed by atoms with van der Waals surface area (Å²) in [5, 5.41) is 3.49. The number of hydrogen-bond acceptors (Lipinski definition) is 3. The van der Waals surface area contributed by atoms with Gasteiger partial charge in [0.2, 0.25) is 0 Å². The van der Waals surface area contributed by atoms with Crippen molar-refractivity contribution in [3.05, 3.63) is 29.8 Å². The van der Waals surface area contributed by atoms with Crippen molar-refractivity contribution in [3.63, 3.8) is 0 Å². The average Bonchev–Trinajstić information content (AvgIpc) is 2.41. The molecule has 3 heteroatoms. The van der Waals surface area contributed by atoms with Crippen molar-refractivity contribution in [2.45, 2.75) is 46.3 Å². The first kappa shape index (κ1) is 16.0. The van der Waals surface area contributed by atoms with Crippen molar-refractivity contribution >= 4 is 0 Å². The van der Waals surface area contributed by atoms with Crippen molar-refractivity contribution in [1.82, 2.24) is 5.32 Å². The second-order valence-corrected chi connectivity index (χ2v) is 4.98. The van der Waals surface area contributed by atoms with Crippen LogP contribution < -0.4 is 10.1 Å².